The summed E-state index contributed by atoms with van der Waals surface area (Å²) in [4.78, 5) is 6.32. The quantitative estimate of drug-likeness (QED) is 0.559. The van der Waals surface area contributed by atoms with E-state index < -0.39 is 0 Å². The predicted molar refractivity (Wildman–Crippen MR) is 71.3 cm³/mol. The molecule has 0 aromatic heterocycles. The van der Waals surface area contributed by atoms with E-state index in [9.17, 15) is 0 Å². The van der Waals surface area contributed by atoms with E-state index in [1.165, 1.54) is 0 Å². The fourth-order valence-corrected chi connectivity index (χ4v) is 2.61. The van der Waals surface area contributed by atoms with Gasteiger partial charge in [0, 0.05) is 12.5 Å². The standard InChI is InChI=1S/C13H11N3S/c1-8(2)16-11(17)6-9-4-5-10(7-14)12(15-3)13(9)16/h4-5,8H,6H2,1-2H3. The van der Waals surface area contributed by atoms with Crippen LogP contribution in [0.15, 0.2) is 12.1 Å². The molecule has 0 aliphatic carbocycles. The molecular weight excluding hydrogens is 230 g/mol. The molecule has 0 bridgehead atoms. The van der Waals surface area contributed by atoms with E-state index in [0.717, 1.165) is 16.2 Å². The highest BCUT2D eigenvalue weighted by molar-refractivity contribution is 7.80. The van der Waals surface area contributed by atoms with Crippen molar-refractivity contribution < 1.29 is 0 Å². The topological polar surface area (TPSA) is 31.4 Å². The third-order valence-corrected chi connectivity index (χ3v) is 3.18. The van der Waals surface area contributed by atoms with Gasteiger partial charge < -0.3 is 4.90 Å². The number of hydrogen-bond acceptors (Lipinski definition) is 2. The largest absolute Gasteiger partial charge is 0.342 e. The van der Waals surface area contributed by atoms with Gasteiger partial charge in [0.15, 0.2) is 0 Å². The van der Waals surface area contributed by atoms with Gasteiger partial charge in [-0.25, -0.2) is 4.85 Å². The molecule has 0 saturated heterocycles. The molecule has 2 rings (SSSR count). The summed E-state index contributed by atoms with van der Waals surface area (Å²) in [6.07, 6.45) is 0.692. The Morgan fingerprint density at radius 3 is 2.76 bits per heavy atom. The van der Waals surface area contributed by atoms with Crippen LogP contribution in [-0.4, -0.2) is 11.0 Å². The number of rotatable bonds is 1. The number of nitrogens with zero attached hydrogens (tertiary/aromatic N) is 3. The molecule has 1 aliphatic heterocycles. The highest BCUT2D eigenvalue weighted by Crippen LogP contribution is 2.41. The Morgan fingerprint density at radius 2 is 2.24 bits per heavy atom. The van der Waals surface area contributed by atoms with Crippen molar-refractivity contribution in [2.75, 3.05) is 4.90 Å². The minimum atomic E-state index is 0.207. The normalized spacial score (nSPS) is 13.5. The lowest BCUT2D eigenvalue weighted by Gasteiger charge is -2.25. The molecular formula is C13H11N3S. The number of hydrogen-bond donors (Lipinski definition) is 0. The molecule has 84 valence electrons. The molecule has 0 atom stereocenters. The van der Waals surface area contributed by atoms with Crippen molar-refractivity contribution in [3.63, 3.8) is 0 Å². The predicted octanol–water partition coefficient (Wildman–Crippen LogP) is 3.21. The first-order chi connectivity index (χ1) is 8.10. The zero-order valence-corrected chi connectivity index (χ0v) is 10.5. The number of nitriles is 1. The van der Waals surface area contributed by atoms with E-state index in [0.29, 0.717) is 17.7 Å². The summed E-state index contributed by atoms with van der Waals surface area (Å²) in [5, 5.41) is 9.03. The van der Waals surface area contributed by atoms with Crippen LogP contribution in [0.2, 0.25) is 0 Å². The summed E-state index contributed by atoms with van der Waals surface area (Å²) in [6.45, 7) is 11.3. The third-order valence-electron chi connectivity index (χ3n) is 2.83. The van der Waals surface area contributed by atoms with Crippen LogP contribution in [0.5, 0.6) is 0 Å². The van der Waals surface area contributed by atoms with Crippen LogP contribution in [0.3, 0.4) is 0 Å². The fourth-order valence-electron chi connectivity index (χ4n) is 2.16. The second-order valence-electron chi connectivity index (χ2n) is 4.23. The molecule has 3 nitrogen and oxygen atoms in total. The molecule has 0 fully saturated rings. The van der Waals surface area contributed by atoms with Crippen molar-refractivity contribution >= 4 is 28.6 Å². The lowest BCUT2D eigenvalue weighted by molar-refractivity contribution is 0.818. The van der Waals surface area contributed by atoms with Crippen molar-refractivity contribution in [1.82, 2.24) is 0 Å². The number of anilines is 1. The summed E-state index contributed by atoms with van der Waals surface area (Å²) in [5.41, 5.74) is 2.74. The van der Waals surface area contributed by atoms with Gasteiger partial charge in [-0.2, -0.15) is 5.26 Å². The van der Waals surface area contributed by atoms with Gasteiger partial charge in [-0.15, -0.1) is 0 Å². The summed E-state index contributed by atoms with van der Waals surface area (Å²) in [6, 6.07) is 5.88. The van der Waals surface area contributed by atoms with Gasteiger partial charge in [0.2, 0.25) is 5.69 Å². The Bertz CT molecular complexity index is 576. The van der Waals surface area contributed by atoms with E-state index in [4.69, 9.17) is 24.1 Å². The van der Waals surface area contributed by atoms with Gasteiger partial charge in [-0.05, 0) is 19.4 Å². The Morgan fingerprint density at radius 1 is 1.53 bits per heavy atom. The zero-order valence-electron chi connectivity index (χ0n) is 9.69. The molecule has 1 heterocycles. The molecule has 1 aliphatic rings. The van der Waals surface area contributed by atoms with Crippen LogP contribution < -0.4 is 4.90 Å². The van der Waals surface area contributed by atoms with Crippen LogP contribution in [0, 0.1) is 17.9 Å². The molecule has 0 unspecified atom stereocenters. The Labute approximate surface area is 106 Å². The van der Waals surface area contributed by atoms with Gasteiger partial charge in [0.25, 0.3) is 0 Å². The van der Waals surface area contributed by atoms with Crippen molar-refractivity contribution in [1.29, 1.82) is 5.26 Å². The lowest BCUT2D eigenvalue weighted by Crippen LogP contribution is -2.32. The van der Waals surface area contributed by atoms with Gasteiger partial charge in [0.1, 0.15) is 0 Å². The van der Waals surface area contributed by atoms with E-state index in [1.54, 1.807) is 6.07 Å². The maximum atomic E-state index is 9.03. The van der Waals surface area contributed by atoms with Crippen molar-refractivity contribution in [3.05, 3.63) is 34.7 Å². The molecule has 0 amide bonds. The van der Waals surface area contributed by atoms with E-state index in [2.05, 4.69) is 10.9 Å². The Balaban J connectivity index is 2.72. The second-order valence-corrected chi connectivity index (χ2v) is 4.70. The zero-order chi connectivity index (χ0) is 12.6. The maximum absolute atomic E-state index is 9.03. The summed E-state index contributed by atoms with van der Waals surface area (Å²) in [5.74, 6) is 0. The monoisotopic (exact) mass is 241 g/mol. The lowest BCUT2D eigenvalue weighted by atomic mass is 10.1. The number of thiocarbonyl (C=S) groups is 1. The van der Waals surface area contributed by atoms with Gasteiger partial charge >= 0.3 is 0 Å². The summed E-state index contributed by atoms with van der Waals surface area (Å²) >= 11 is 5.35. The van der Waals surface area contributed by atoms with Gasteiger partial charge in [0.05, 0.1) is 28.9 Å². The van der Waals surface area contributed by atoms with E-state index >= 15 is 0 Å². The van der Waals surface area contributed by atoms with Crippen LogP contribution in [0.4, 0.5) is 11.4 Å². The highest BCUT2D eigenvalue weighted by atomic mass is 32.1. The summed E-state index contributed by atoms with van der Waals surface area (Å²) < 4.78 is 0. The number of benzene rings is 1. The minimum Gasteiger partial charge on any atom is -0.342 e. The summed E-state index contributed by atoms with van der Waals surface area (Å²) in [7, 11) is 0. The van der Waals surface area contributed by atoms with Crippen LogP contribution in [-0.2, 0) is 6.42 Å². The van der Waals surface area contributed by atoms with E-state index in [-0.39, 0.29) is 6.04 Å². The first-order valence-electron chi connectivity index (χ1n) is 5.35. The van der Waals surface area contributed by atoms with Crippen LogP contribution in [0.25, 0.3) is 4.85 Å². The SMILES string of the molecule is [C-]#[N+]c1c(C#N)ccc2c1N(C(C)C)C(=S)C2. The van der Waals surface area contributed by atoms with E-state index in [1.807, 2.05) is 24.8 Å². The average molecular weight is 241 g/mol. The molecule has 0 N–H and O–H groups in total. The van der Waals surface area contributed by atoms with Gasteiger partial charge in [-0.3, -0.25) is 0 Å². The molecule has 4 heteroatoms. The second kappa shape index (κ2) is 4.16. The average Bonchev–Trinajstić information content (AvgIpc) is 2.63. The van der Waals surface area contributed by atoms with Gasteiger partial charge in [-0.1, -0.05) is 24.4 Å². The first-order valence-corrected chi connectivity index (χ1v) is 5.76. The molecule has 1 aromatic carbocycles. The smallest absolute Gasteiger partial charge is 0.227 e. The molecule has 0 spiro atoms. The fraction of sp³-hybridized carbons (Fsp3) is 0.308. The van der Waals surface area contributed by atoms with Crippen LogP contribution >= 0.6 is 12.2 Å². The van der Waals surface area contributed by atoms with Crippen LogP contribution in [0.1, 0.15) is 25.0 Å². The first kappa shape index (κ1) is 11.6. The molecule has 0 saturated carbocycles. The Kier molecular flexibility index (Phi) is 2.83. The maximum Gasteiger partial charge on any atom is 0.227 e. The number of fused-ring (bicyclic) bond motifs is 1. The minimum absolute atomic E-state index is 0.207. The van der Waals surface area contributed by atoms with Crippen molar-refractivity contribution in [3.8, 4) is 6.07 Å². The molecule has 17 heavy (non-hydrogen) atoms. The third kappa shape index (κ3) is 1.67. The van der Waals surface area contributed by atoms with Crippen molar-refractivity contribution in [2.24, 2.45) is 0 Å². The molecule has 0 radical (unpaired) electrons. The highest BCUT2D eigenvalue weighted by Gasteiger charge is 2.30. The molecule has 1 aromatic rings. The Hall–Kier alpha value is -1.91. The van der Waals surface area contributed by atoms with Crippen molar-refractivity contribution in [2.45, 2.75) is 26.3 Å².